The first-order chi connectivity index (χ1) is 10.3. The first kappa shape index (κ1) is 15.8. The summed E-state index contributed by atoms with van der Waals surface area (Å²) in [5, 5.41) is 8.63. The zero-order valence-corrected chi connectivity index (χ0v) is 12.8. The van der Waals surface area contributed by atoms with Crippen molar-refractivity contribution in [2.45, 2.75) is 32.3 Å². The number of nitrogens with zero attached hydrogens (tertiary/aromatic N) is 2. The van der Waals surface area contributed by atoms with E-state index < -0.39 is 0 Å². The highest BCUT2D eigenvalue weighted by Crippen LogP contribution is 2.15. The number of rotatable bonds is 7. The van der Waals surface area contributed by atoms with Crippen LogP contribution >= 0.6 is 0 Å². The Kier molecular flexibility index (Phi) is 6.52. The van der Waals surface area contributed by atoms with Crippen LogP contribution in [0.2, 0.25) is 0 Å². The molecule has 1 saturated heterocycles. The molecule has 0 radical (unpaired) electrons. The Hall–Kier alpha value is -1.57. The quantitative estimate of drug-likeness (QED) is 0.774. The Morgan fingerprint density at radius 3 is 2.57 bits per heavy atom. The normalized spacial score (nSPS) is 16.6. The summed E-state index contributed by atoms with van der Waals surface area (Å²) >= 11 is 0. The zero-order valence-electron chi connectivity index (χ0n) is 12.8. The largest absolute Gasteiger partial charge is 0.492 e. The van der Waals surface area contributed by atoms with Crippen LogP contribution in [0.25, 0.3) is 0 Å². The van der Waals surface area contributed by atoms with Crippen LogP contribution < -0.4 is 4.74 Å². The monoisotopic (exact) mass is 288 g/mol. The second kappa shape index (κ2) is 8.66. The third-order valence-corrected chi connectivity index (χ3v) is 3.82. The summed E-state index contributed by atoms with van der Waals surface area (Å²) in [6.45, 7) is 6.72. The van der Waals surface area contributed by atoms with E-state index in [1.165, 1.54) is 0 Å². The molecule has 0 N–H and O–H groups in total. The van der Waals surface area contributed by atoms with Crippen molar-refractivity contribution in [1.82, 2.24) is 4.90 Å². The van der Waals surface area contributed by atoms with E-state index in [1.54, 1.807) is 0 Å². The fourth-order valence-electron chi connectivity index (χ4n) is 2.62. The molecule has 1 aliphatic heterocycles. The van der Waals surface area contributed by atoms with E-state index in [1.807, 2.05) is 24.3 Å². The summed E-state index contributed by atoms with van der Waals surface area (Å²) in [5.41, 5.74) is 1.03. The Morgan fingerprint density at radius 2 is 1.95 bits per heavy atom. The van der Waals surface area contributed by atoms with Crippen molar-refractivity contribution in [1.29, 1.82) is 5.26 Å². The van der Waals surface area contributed by atoms with E-state index in [4.69, 9.17) is 14.7 Å². The maximum absolute atomic E-state index is 8.63. The number of likely N-dealkylation sites (tertiary alicyclic amines) is 1. The van der Waals surface area contributed by atoms with Gasteiger partial charge in [-0.15, -0.1) is 0 Å². The Balaban J connectivity index is 1.64. The summed E-state index contributed by atoms with van der Waals surface area (Å²) < 4.78 is 11.4. The maximum atomic E-state index is 8.63. The molecule has 0 aromatic heterocycles. The van der Waals surface area contributed by atoms with Crippen LogP contribution in [0.15, 0.2) is 24.3 Å². The van der Waals surface area contributed by atoms with Crippen molar-refractivity contribution in [3.8, 4) is 11.8 Å². The molecule has 114 valence electrons. The van der Waals surface area contributed by atoms with E-state index >= 15 is 0 Å². The average Bonchev–Trinajstić information content (AvgIpc) is 2.51. The summed E-state index contributed by atoms with van der Waals surface area (Å²) in [6.07, 6.45) is 3.14. The lowest BCUT2D eigenvalue weighted by molar-refractivity contribution is 0.0119. The van der Waals surface area contributed by atoms with Crippen molar-refractivity contribution >= 4 is 0 Å². The van der Waals surface area contributed by atoms with Gasteiger partial charge in [-0.25, -0.2) is 0 Å². The molecule has 1 aromatic rings. The second-order valence-electron chi connectivity index (χ2n) is 5.32. The van der Waals surface area contributed by atoms with Crippen LogP contribution in [0.5, 0.6) is 5.75 Å². The average molecular weight is 288 g/mol. The van der Waals surface area contributed by atoms with Gasteiger partial charge in [0.15, 0.2) is 0 Å². The molecule has 4 nitrogen and oxygen atoms in total. The molecule has 0 amide bonds. The fourth-order valence-corrected chi connectivity index (χ4v) is 2.62. The number of hydrogen-bond acceptors (Lipinski definition) is 4. The zero-order chi connectivity index (χ0) is 14.9. The summed E-state index contributed by atoms with van der Waals surface area (Å²) in [5.74, 6) is 0.876. The Bertz CT molecular complexity index is 445. The fraction of sp³-hybridized carbons (Fsp3) is 0.588. The minimum atomic E-state index is 0.444. The number of ether oxygens (including phenoxy) is 2. The van der Waals surface area contributed by atoms with Gasteiger partial charge in [0.2, 0.25) is 0 Å². The van der Waals surface area contributed by atoms with Crippen LogP contribution in [0.3, 0.4) is 0 Å². The van der Waals surface area contributed by atoms with Gasteiger partial charge in [-0.1, -0.05) is 12.1 Å². The predicted octanol–water partition coefficient (Wildman–Crippen LogP) is 2.63. The van der Waals surface area contributed by atoms with Crippen molar-refractivity contribution in [2.75, 3.05) is 32.8 Å². The first-order valence-electron chi connectivity index (χ1n) is 7.74. The molecule has 0 aliphatic carbocycles. The standard InChI is InChI=1S/C17H24N2O2/c1-2-20-17-8-11-19(12-9-17)13-14-21-16-5-3-15(4-6-16)7-10-18/h3-6,17H,2,7-9,11-14H2,1H3. The van der Waals surface area contributed by atoms with Crippen molar-refractivity contribution in [3.63, 3.8) is 0 Å². The van der Waals surface area contributed by atoms with E-state index in [0.29, 0.717) is 19.1 Å². The highest BCUT2D eigenvalue weighted by molar-refractivity contribution is 5.28. The minimum Gasteiger partial charge on any atom is -0.492 e. The molecule has 0 unspecified atom stereocenters. The third-order valence-electron chi connectivity index (χ3n) is 3.82. The lowest BCUT2D eigenvalue weighted by Gasteiger charge is -2.31. The molecule has 4 heteroatoms. The van der Waals surface area contributed by atoms with Crippen LogP contribution in [0, 0.1) is 11.3 Å². The number of benzene rings is 1. The van der Waals surface area contributed by atoms with Gasteiger partial charge < -0.3 is 9.47 Å². The summed E-state index contributed by atoms with van der Waals surface area (Å²) in [6, 6.07) is 9.92. The van der Waals surface area contributed by atoms with E-state index in [9.17, 15) is 0 Å². The van der Waals surface area contributed by atoms with Crippen LogP contribution in [-0.2, 0) is 11.2 Å². The smallest absolute Gasteiger partial charge is 0.119 e. The van der Waals surface area contributed by atoms with Crippen LogP contribution in [0.1, 0.15) is 25.3 Å². The van der Waals surface area contributed by atoms with Crippen LogP contribution in [-0.4, -0.2) is 43.9 Å². The van der Waals surface area contributed by atoms with Crippen LogP contribution in [0.4, 0.5) is 0 Å². The molecular formula is C17H24N2O2. The highest BCUT2D eigenvalue weighted by atomic mass is 16.5. The molecule has 0 bridgehead atoms. The Morgan fingerprint density at radius 1 is 1.24 bits per heavy atom. The van der Waals surface area contributed by atoms with Crippen molar-refractivity contribution < 1.29 is 9.47 Å². The van der Waals surface area contributed by atoms with Crippen molar-refractivity contribution in [2.24, 2.45) is 0 Å². The first-order valence-corrected chi connectivity index (χ1v) is 7.74. The van der Waals surface area contributed by atoms with E-state index in [2.05, 4.69) is 17.9 Å². The summed E-state index contributed by atoms with van der Waals surface area (Å²) in [7, 11) is 0. The van der Waals surface area contributed by atoms with Gasteiger partial charge in [0.05, 0.1) is 18.6 Å². The lowest BCUT2D eigenvalue weighted by Crippen LogP contribution is -2.39. The molecule has 1 aromatic carbocycles. The highest BCUT2D eigenvalue weighted by Gasteiger charge is 2.18. The summed E-state index contributed by atoms with van der Waals surface area (Å²) in [4.78, 5) is 2.43. The molecule has 0 saturated carbocycles. The van der Waals surface area contributed by atoms with Gasteiger partial charge in [0.25, 0.3) is 0 Å². The second-order valence-corrected chi connectivity index (χ2v) is 5.32. The number of piperidine rings is 1. The van der Waals surface area contributed by atoms with E-state index in [0.717, 1.165) is 50.4 Å². The molecule has 0 atom stereocenters. The van der Waals surface area contributed by atoms with E-state index in [-0.39, 0.29) is 0 Å². The minimum absolute atomic E-state index is 0.444. The van der Waals surface area contributed by atoms with Gasteiger partial charge in [-0.05, 0) is 37.5 Å². The lowest BCUT2D eigenvalue weighted by atomic mass is 10.1. The number of nitriles is 1. The van der Waals surface area contributed by atoms with Gasteiger partial charge in [0.1, 0.15) is 12.4 Å². The number of hydrogen-bond donors (Lipinski definition) is 0. The maximum Gasteiger partial charge on any atom is 0.119 e. The van der Waals surface area contributed by atoms with Gasteiger partial charge in [0, 0.05) is 26.2 Å². The topological polar surface area (TPSA) is 45.5 Å². The molecule has 1 heterocycles. The molecule has 2 rings (SSSR count). The SMILES string of the molecule is CCOC1CCN(CCOc2ccc(CC#N)cc2)CC1. The van der Waals surface area contributed by atoms with Gasteiger partial charge in [-0.3, -0.25) is 4.90 Å². The van der Waals surface area contributed by atoms with Gasteiger partial charge in [-0.2, -0.15) is 5.26 Å². The molecular weight excluding hydrogens is 264 g/mol. The third kappa shape index (κ3) is 5.37. The van der Waals surface area contributed by atoms with Gasteiger partial charge >= 0.3 is 0 Å². The molecule has 0 spiro atoms. The Labute approximate surface area is 127 Å². The molecule has 1 aliphatic rings. The molecule has 1 fully saturated rings. The molecule has 21 heavy (non-hydrogen) atoms. The van der Waals surface area contributed by atoms with Crippen molar-refractivity contribution in [3.05, 3.63) is 29.8 Å². The predicted molar refractivity (Wildman–Crippen MR) is 82.3 cm³/mol.